The maximum atomic E-state index is 13.6. The van der Waals surface area contributed by atoms with Gasteiger partial charge in [-0.25, -0.2) is 0 Å². The normalized spacial score (nSPS) is 12.7. The maximum absolute atomic E-state index is 13.6. The van der Waals surface area contributed by atoms with E-state index in [9.17, 15) is 13.2 Å². The number of nitrogens with zero attached hydrogens (tertiary/aromatic N) is 2. The summed E-state index contributed by atoms with van der Waals surface area (Å²) in [4.78, 5) is 9.84. The molecule has 0 saturated carbocycles. The van der Waals surface area contributed by atoms with Crippen LogP contribution < -0.4 is 4.74 Å². The average molecular weight is 1100 g/mol. The second kappa shape index (κ2) is 15.9. The van der Waals surface area contributed by atoms with E-state index in [-0.39, 0.29) is 67.3 Å². The summed E-state index contributed by atoms with van der Waals surface area (Å²) in [5, 5.41) is 3.52. The van der Waals surface area contributed by atoms with Crippen molar-refractivity contribution in [1.82, 2.24) is 9.97 Å². The van der Waals surface area contributed by atoms with Crippen molar-refractivity contribution < 1.29 is 39.0 Å². The number of aryl methyl sites for hydroxylation is 1. The van der Waals surface area contributed by atoms with Crippen LogP contribution >= 0.6 is 0 Å². The van der Waals surface area contributed by atoms with Gasteiger partial charge in [0, 0.05) is 0 Å². The van der Waals surface area contributed by atoms with E-state index >= 15 is 0 Å². The SMILES string of the molecule is Cc1c(-c2ccc(CC(C)(C)C(F)(F)F)cc2)[se]c2c(-c3[c-]c(Oc4[c-]c(-c5cc(C(C)(C)C)ccn5)c5[se]c6ccccc6c5c4)cc(C(C)(C)C)c3)nccc12.[Pt+2]. The zero-order valence-electron chi connectivity index (χ0n) is 34.5. The van der Waals surface area contributed by atoms with Crippen LogP contribution in [0.3, 0.4) is 0 Å². The van der Waals surface area contributed by atoms with Gasteiger partial charge in [-0.15, -0.1) is 0 Å². The van der Waals surface area contributed by atoms with Gasteiger partial charge in [0.1, 0.15) is 0 Å². The Kier molecular flexibility index (Phi) is 11.7. The van der Waals surface area contributed by atoms with Crippen molar-refractivity contribution in [2.45, 2.75) is 85.7 Å². The quantitative estimate of drug-likeness (QED) is 0.118. The van der Waals surface area contributed by atoms with Gasteiger partial charge in [-0.3, -0.25) is 0 Å². The average Bonchev–Trinajstić information content (AvgIpc) is 3.71. The molecular formula is C50H45F3N2OPtSe2. The minimum atomic E-state index is -4.28. The summed E-state index contributed by atoms with van der Waals surface area (Å²) >= 11 is -0.00584. The molecule has 0 aliphatic rings. The maximum Gasteiger partial charge on any atom is 2.00 e. The summed E-state index contributed by atoms with van der Waals surface area (Å²) < 4.78 is 52.7. The molecule has 304 valence electrons. The van der Waals surface area contributed by atoms with Gasteiger partial charge in [0.15, 0.2) is 0 Å². The van der Waals surface area contributed by atoms with Crippen LogP contribution in [0.15, 0.2) is 97.3 Å². The number of ether oxygens (including phenoxy) is 1. The minimum absolute atomic E-state index is 0. The van der Waals surface area contributed by atoms with Crippen molar-refractivity contribution in [3.05, 3.63) is 132 Å². The number of pyridine rings is 2. The monoisotopic (exact) mass is 1100 g/mol. The molecule has 0 amide bonds. The van der Waals surface area contributed by atoms with E-state index in [1.165, 1.54) is 37.8 Å². The number of fused-ring (bicyclic) bond motifs is 4. The Morgan fingerprint density at radius 3 is 2.03 bits per heavy atom. The van der Waals surface area contributed by atoms with Crippen molar-refractivity contribution in [3.8, 4) is 44.0 Å². The fourth-order valence-corrected chi connectivity index (χ4v) is 12.5. The smallest absolute Gasteiger partial charge is 2.00 e. The van der Waals surface area contributed by atoms with Gasteiger partial charge in [-0.2, -0.15) is 0 Å². The third kappa shape index (κ3) is 8.59. The van der Waals surface area contributed by atoms with Crippen molar-refractivity contribution in [1.29, 1.82) is 0 Å². The first-order valence-corrected chi connectivity index (χ1v) is 22.8. The molecule has 0 radical (unpaired) electrons. The molecule has 0 aliphatic heterocycles. The van der Waals surface area contributed by atoms with E-state index in [2.05, 4.69) is 121 Å². The zero-order valence-corrected chi connectivity index (χ0v) is 40.2. The predicted molar refractivity (Wildman–Crippen MR) is 235 cm³/mol. The van der Waals surface area contributed by atoms with Crippen LogP contribution in [0.5, 0.6) is 11.5 Å². The largest absolute Gasteiger partial charge is 2.00 e. The van der Waals surface area contributed by atoms with Gasteiger partial charge in [-0.1, -0.05) is 0 Å². The summed E-state index contributed by atoms with van der Waals surface area (Å²) in [5.41, 5.74) is 6.71. The van der Waals surface area contributed by atoms with Gasteiger partial charge in [0.05, 0.1) is 0 Å². The Hall–Kier alpha value is -3.76. The predicted octanol–water partition coefficient (Wildman–Crippen LogP) is 13.5. The molecule has 0 unspecified atom stereocenters. The Morgan fingerprint density at radius 2 is 1.34 bits per heavy atom. The van der Waals surface area contributed by atoms with Crippen molar-refractivity contribution >= 4 is 57.9 Å². The van der Waals surface area contributed by atoms with Gasteiger partial charge in [-0.05, 0) is 0 Å². The molecule has 8 aromatic rings. The van der Waals surface area contributed by atoms with Gasteiger partial charge in [0.25, 0.3) is 0 Å². The number of hydrogen-bond donors (Lipinski definition) is 0. The second-order valence-electron chi connectivity index (χ2n) is 17.9. The third-order valence-corrected chi connectivity index (χ3v) is 16.3. The molecule has 0 saturated heterocycles. The van der Waals surface area contributed by atoms with Gasteiger partial charge < -0.3 is 0 Å². The molecule has 4 aromatic carbocycles. The molecule has 9 heteroatoms. The van der Waals surface area contributed by atoms with Crippen LogP contribution in [0.1, 0.15) is 77.6 Å². The fourth-order valence-electron chi connectivity index (χ4n) is 7.29. The summed E-state index contributed by atoms with van der Waals surface area (Å²) in [6, 6.07) is 36.2. The van der Waals surface area contributed by atoms with Crippen molar-refractivity contribution in [2.75, 3.05) is 0 Å². The molecule has 59 heavy (non-hydrogen) atoms. The molecule has 3 nitrogen and oxygen atoms in total. The first-order valence-electron chi connectivity index (χ1n) is 19.4. The van der Waals surface area contributed by atoms with E-state index in [1.54, 1.807) is 0 Å². The molecule has 0 aliphatic carbocycles. The second-order valence-corrected chi connectivity index (χ2v) is 22.2. The van der Waals surface area contributed by atoms with Crippen LogP contribution in [0.25, 0.3) is 61.5 Å². The molecule has 0 spiro atoms. The van der Waals surface area contributed by atoms with Crippen LogP contribution in [0.2, 0.25) is 0 Å². The molecule has 4 aromatic heterocycles. The van der Waals surface area contributed by atoms with Crippen molar-refractivity contribution in [3.63, 3.8) is 0 Å². The Balaban J connectivity index is 0.00000528. The number of rotatable bonds is 7. The molecule has 4 heterocycles. The van der Waals surface area contributed by atoms with Crippen LogP contribution in [-0.2, 0) is 38.3 Å². The van der Waals surface area contributed by atoms with E-state index in [4.69, 9.17) is 14.7 Å². The van der Waals surface area contributed by atoms with Gasteiger partial charge >= 0.3 is 374 Å². The van der Waals surface area contributed by atoms with E-state index in [1.807, 2.05) is 36.7 Å². The van der Waals surface area contributed by atoms with E-state index in [0.717, 1.165) is 54.2 Å². The summed E-state index contributed by atoms with van der Waals surface area (Å²) in [7, 11) is 0. The van der Waals surface area contributed by atoms with Crippen molar-refractivity contribution in [2.24, 2.45) is 5.41 Å². The summed E-state index contributed by atoms with van der Waals surface area (Å²) in [5.74, 6) is 1.19. The van der Waals surface area contributed by atoms with E-state index in [0.29, 0.717) is 17.1 Å². The Bertz CT molecular complexity index is 2840. The molecule has 0 N–H and O–H groups in total. The molecule has 8 rings (SSSR count). The van der Waals surface area contributed by atoms with E-state index < -0.39 is 11.6 Å². The van der Waals surface area contributed by atoms with Crippen LogP contribution in [0.4, 0.5) is 13.2 Å². The number of benzene rings is 4. The van der Waals surface area contributed by atoms with Crippen LogP contribution in [0, 0.1) is 24.5 Å². The minimum Gasteiger partial charge on any atom is 2.00 e. The molecule has 0 bridgehead atoms. The Morgan fingerprint density at radius 1 is 0.661 bits per heavy atom. The molecule has 0 fully saturated rings. The summed E-state index contributed by atoms with van der Waals surface area (Å²) in [6.45, 7) is 17.9. The number of aromatic nitrogens is 2. The number of hydrogen-bond acceptors (Lipinski definition) is 3. The zero-order chi connectivity index (χ0) is 41.4. The molecular weight excluding hydrogens is 1050 g/mol. The van der Waals surface area contributed by atoms with Crippen LogP contribution in [-0.4, -0.2) is 45.2 Å². The number of halogens is 3. The topological polar surface area (TPSA) is 35.0 Å². The third-order valence-electron chi connectivity index (χ3n) is 10.9. The first-order chi connectivity index (χ1) is 27.3. The summed E-state index contributed by atoms with van der Waals surface area (Å²) in [6.07, 6.45) is -0.593. The Labute approximate surface area is 371 Å². The number of alkyl halides is 3. The van der Waals surface area contributed by atoms with Gasteiger partial charge in [0.2, 0.25) is 0 Å². The molecule has 0 atom stereocenters. The fraction of sp³-hybridized carbons (Fsp3) is 0.280. The standard InChI is InChI=1S/C50H45F3N2OSe2.Pt/c1-29-37-19-21-55-43(46(37)58-44(29)31-16-14-30(15-17-31)28-49(8,9)50(51,52)53)32-22-34(48(5,6)7)24-35(23-32)56-36-26-39-38-12-10-11-13-42(38)57-45(39)40(27-36)41-25-33(18-20-54-41)47(2,3)4;/h10-22,24-26H,28H2,1-9H3;/q-2;+2. The first kappa shape index (κ1) is 43.3.